The van der Waals surface area contributed by atoms with Crippen LogP contribution in [0.2, 0.25) is 0 Å². The van der Waals surface area contributed by atoms with Crippen LogP contribution in [0, 0.1) is 22.7 Å². The fraction of sp³-hybridized carbons (Fsp3) is 0.778. The number of allylic oxidation sites excluding steroid dienone is 4. The predicted molar refractivity (Wildman–Crippen MR) is 124 cm³/mol. The van der Waals surface area contributed by atoms with Gasteiger partial charge in [0.15, 0.2) is 11.6 Å². The molecule has 4 nitrogen and oxygen atoms in total. The molecule has 0 bridgehead atoms. The molecule has 3 aliphatic carbocycles. The molecule has 0 heterocycles. The quantitative estimate of drug-likeness (QED) is 0.383. The summed E-state index contributed by atoms with van der Waals surface area (Å²) in [6.45, 7) is 11.2. The van der Waals surface area contributed by atoms with Crippen LogP contribution in [0.25, 0.3) is 0 Å². The van der Waals surface area contributed by atoms with E-state index in [0.29, 0.717) is 31.8 Å². The summed E-state index contributed by atoms with van der Waals surface area (Å²) >= 11 is 0. The molecule has 0 amide bonds. The Morgan fingerprint density at radius 2 is 2.00 bits per heavy atom. The average molecular weight is 431 g/mol. The van der Waals surface area contributed by atoms with Gasteiger partial charge in [-0.05, 0) is 56.4 Å². The van der Waals surface area contributed by atoms with Crippen molar-refractivity contribution in [3.8, 4) is 0 Å². The molecule has 1 N–H and O–H groups in total. The number of rotatable bonds is 9. The fourth-order valence-electron chi connectivity index (χ4n) is 6.56. The van der Waals surface area contributed by atoms with Gasteiger partial charge in [-0.3, -0.25) is 9.59 Å². The number of hydrogen-bond donors (Lipinski definition) is 1. The molecule has 0 saturated heterocycles. The second-order valence-corrected chi connectivity index (χ2v) is 10.6. The number of unbranched alkanes of at least 4 members (excludes halogenated alkanes) is 2. The number of Topliss-reactive ketones (excluding diaryl/α,β-unsaturated/α-hetero) is 1. The van der Waals surface area contributed by atoms with Gasteiger partial charge in [0.2, 0.25) is 0 Å². The van der Waals surface area contributed by atoms with Gasteiger partial charge in [0.05, 0.1) is 0 Å². The molecule has 1 saturated carbocycles. The number of hydrogen-bond acceptors (Lipinski definition) is 4. The molecule has 2 unspecified atom stereocenters. The lowest BCUT2D eigenvalue weighted by molar-refractivity contribution is -0.168. The lowest BCUT2D eigenvalue weighted by atomic mass is 9.48. The molecule has 4 heteroatoms. The van der Waals surface area contributed by atoms with Crippen LogP contribution in [-0.2, 0) is 14.3 Å². The molecule has 5 atom stereocenters. The van der Waals surface area contributed by atoms with Crippen LogP contribution in [0.3, 0.4) is 0 Å². The van der Waals surface area contributed by atoms with Crippen molar-refractivity contribution in [3.63, 3.8) is 0 Å². The Labute approximate surface area is 188 Å². The number of carbonyl (C=O) groups is 2. The molecule has 1 fully saturated rings. The van der Waals surface area contributed by atoms with Gasteiger partial charge in [-0.2, -0.15) is 0 Å². The second-order valence-electron chi connectivity index (χ2n) is 10.6. The number of carbonyl (C=O) groups excluding carboxylic acids is 2. The molecule has 0 aromatic carbocycles. The molecule has 0 radical (unpaired) electrons. The summed E-state index contributed by atoms with van der Waals surface area (Å²) in [7, 11) is 0. The zero-order chi connectivity index (χ0) is 22.9. The number of ether oxygens (including phenoxy) is 1. The van der Waals surface area contributed by atoms with Crippen molar-refractivity contribution in [2.75, 3.05) is 13.2 Å². The molecular formula is C27H42O4. The van der Waals surface area contributed by atoms with E-state index in [-0.39, 0.29) is 29.5 Å². The number of fused-ring (bicyclic) bond motifs is 3. The topological polar surface area (TPSA) is 63.6 Å². The van der Waals surface area contributed by atoms with E-state index in [4.69, 9.17) is 4.74 Å². The summed E-state index contributed by atoms with van der Waals surface area (Å²) in [5.41, 5.74) is 0.762. The third-order valence-electron chi connectivity index (χ3n) is 9.07. The smallest absolute Gasteiger partial charge is 0.190 e. The highest BCUT2D eigenvalue weighted by molar-refractivity contribution is 5.92. The highest BCUT2D eigenvalue weighted by Gasteiger charge is 2.58. The van der Waals surface area contributed by atoms with Crippen LogP contribution in [0.15, 0.2) is 23.3 Å². The molecule has 174 valence electrons. The van der Waals surface area contributed by atoms with Crippen molar-refractivity contribution in [1.29, 1.82) is 0 Å². The lowest BCUT2D eigenvalue weighted by Crippen LogP contribution is -2.59. The first-order chi connectivity index (χ1) is 14.6. The molecule has 31 heavy (non-hydrogen) atoms. The van der Waals surface area contributed by atoms with Crippen molar-refractivity contribution in [1.82, 2.24) is 0 Å². The first-order valence-corrected chi connectivity index (χ1v) is 12.4. The van der Waals surface area contributed by atoms with Gasteiger partial charge in [-0.15, -0.1) is 0 Å². The summed E-state index contributed by atoms with van der Waals surface area (Å²) in [6, 6.07) is 0. The second kappa shape index (κ2) is 9.31. The van der Waals surface area contributed by atoms with E-state index < -0.39 is 11.0 Å². The first kappa shape index (κ1) is 24.4. The predicted octanol–water partition coefficient (Wildman–Crippen LogP) is 5.58. The van der Waals surface area contributed by atoms with Gasteiger partial charge in [0, 0.05) is 23.9 Å². The Kier molecular flexibility index (Phi) is 7.32. The summed E-state index contributed by atoms with van der Waals surface area (Å²) in [5, 5.41) is 11.8. The van der Waals surface area contributed by atoms with E-state index >= 15 is 0 Å². The van der Waals surface area contributed by atoms with E-state index in [1.54, 1.807) is 0 Å². The summed E-state index contributed by atoms with van der Waals surface area (Å²) in [4.78, 5) is 25.2. The lowest BCUT2D eigenvalue weighted by Gasteiger charge is -2.57. The molecule has 0 aromatic heterocycles. The fourth-order valence-corrected chi connectivity index (χ4v) is 6.56. The molecule has 0 aliphatic heterocycles. The molecule has 3 aliphatic rings. The standard InChI is InChI=1S/C27H42O4/c1-6-8-9-16-31-18-24(29)27(30,7-2)26(5)15-13-23-22(19(26)3)11-10-20-17-21(28)12-14-25(20,23)4/h13,17,19,22,30H,6-12,14-16,18H2,1-5H3/t19?,22?,25-,26-,27-/m0/s1. The Morgan fingerprint density at radius 1 is 1.26 bits per heavy atom. The van der Waals surface area contributed by atoms with E-state index in [1.165, 1.54) is 11.1 Å². The van der Waals surface area contributed by atoms with Crippen LogP contribution < -0.4 is 0 Å². The van der Waals surface area contributed by atoms with Gasteiger partial charge in [0.1, 0.15) is 12.2 Å². The molecular weight excluding hydrogens is 388 g/mol. The van der Waals surface area contributed by atoms with Crippen molar-refractivity contribution in [3.05, 3.63) is 23.3 Å². The summed E-state index contributed by atoms with van der Waals surface area (Å²) in [5.74, 6) is 0.594. The Hall–Kier alpha value is -1.26. The van der Waals surface area contributed by atoms with Crippen molar-refractivity contribution in [2.45, 2.75) is 98.0 Å². The third kappa shape index (κ3) is 4.11. The van der Waals surface area contributed by atoms with Crippen LogP contribution in [0.1, 0.15) is 92.4 Å². The van der Waals surface area contributed by atoms with Crippen molar-refractivity contribution in [2.24, 2.45) is 22.7 Å². The van der Waals surface area contributed by atoms with Crippen LogP contribution in [-0.4, -0.2) is 35.5 Å². The third-order valence-corrected chi connectivity index (χ3v) is 9.07. The maximum Gasteiger partial charge on any atom is 0.190 e. The molecule has 3 rings (SSSR count). The Balaban J connectivity index is 1.84. The van der Waals surface area contributed by atoms with E-state index in [1.807, 2.05) is 13.0 Å². The maximum atomic E-state index is 13.2. The SMILES string of the molecule is CCCCCOCC(=O)[C@@](O)(CC)[C@@]1(C)CC=C2C(CCC3=CC(=O)CC[C@@]32C)C1C. The highest BCUT2D eigenvalue weighted by Crippen LogP contribution is 2.61. The van der Waals surface area contributed by atoms with Crippen molar-refractivity contribution < 1.29 is 19.4 Å². The minimum absolute atomic E-state index is 0.00961. The zero-order valence-electron chi connectivity index (χ0n) is 20.3. The highest BCUT2D eigenvalue weighted by atomic mass is 16.5. The average Bonchev–Trinajstić information content (AvgIpc) is 2.75. The normalized spacial score (nSPS) is 34.8. The van der Waals surface area contributed by atoms with Crippen molar-refractivity contribution >= 4 is 11.6 Å². The minimum Gasteiger partial charge on any atom is -0.381 e. The van der Waals surface area contributed by atoms with Gasteiger partial charge in [0.25, 0.3) is 0 Å². The number of aliphatic hydroxyl groups is 1. The zero-order valence-corrected chi connectivity index (χ0v) is 20.3. The number of ketones is 2. The van der Waals surface area contributed by atoms with Crippen LogP contribution in [0.4, 0.5) is 0 Å². The molecule has 0 aromatic rings. The largest absolute Gasteiger partial charge is 0.381 e. The van der Waals surface area contributed by atoms with E-state index in [0.717, 1.165) is 38.5 Å². The van der Waals surface area contributed by atoms with Gasteiger partial charge >= 0.3 is 0 Å². The Morgan fingerprint density at radius 3 is 2.68 bits per heavy atom. The van der Waals surface area contributed by atoms with E-state index in [2.05, 4.69) is 33.8 Å². The Bertz CT molecular complexity index is 765. The minimum atomic E-state index is -1.39. The summed E-state index contributed by atoms with van der Waals surface area (Å²) in [6.07, 6.45) is 11.9. The van der Waals surface area contributed by atoms with Gasteiger partial charge < -0.3 is 9.84 Å². The molecule has 0 spiro atoms. The van der Waals surface area contributed by atoms with Gasteiger partial charge in [-0.1, -0.05) is 64.7 Å². The van der Waals surface area contributed by atoms with Crippen LogP contribution in [0.5, 0.6) is 0 Å². The monoisotopic (exact) mass is 430 g/mol. The van der Waals surface area contributed by atoms with E-state index in [9.17, 15) is 14.7 Å². The summed E-state index contributed by atoms with van der Waals surface area (Å²) < 4.78 is 5.66. The maximum absolute atomic E-state index is 13.2. The van der Waals surface area contributed by atoms with Crippen LogP contribution >= 0.6 is 0 Å². The first-order valence-electron chi connectivity index (χ1n) is 12.4. The van der Waals surface area contributed by atoms with Gasteiger partial charge in [-0.25, -0.2) is 0 Å².